The van der Waals surface area contributed by atoms with E-state index in [0.29, 0.717) is 13.0 Å². The van der Waals surface area contributed by atoms with E-state index in [-0.39, 0.29) is 5.91 Å². The number of ether oxygens (including phenoxy) is 1. The number of hydrogen-bond acceptors (Lipinski definition) is 3. The monoisotopic (exact) mass is 185 g/mol. The Kier molecular flexibility index (Phi) is 6.59. The molecule has 0 unspecified atom stereocenters. The molecule has 0 heterocycles. The van der Waals surface area contributed by atoms with Gasteiger partial charge in [0.2, 0.25) is 5.91 Å². The van der Waals surface area contributed by atoms with Gasteiger partial charge in [-0.1, -0.05) is 6.58 Å². The van der Waals surface area contributed by atoms with Crippen LogP contribution in [-0.2, 0) is 14.3 Å². The lowest BCUT2D eigenvalue weighted by atomic mass is 10.2. The van der Waals surface area contributed by atoms with Gasteiger partial charge in [-0.3, -0.25) is 4.79 Å². The number of primary amides is 1. The third kappa shape index (κ3) is 8.59. The summed E-state index contributed by atoms with van der Waals surface area (Å²) in [5.74, 6) is -0.696. The van der Waals surface area contributed by atoms with Gasteiger partial charge in [-0.2, -0.15) is 0 Å². The minimum absolute atomic E-state index is 0.289. The largest absolute Gasteiger partial charge is 0.463 e. The smallest absolute Gasteiger partial charge is 0.330 e. The minimum atomic E-state index is -0.407. The zero-order valence-electron chi connectivity index (χ0n) is 7.62. The fraction of sp³-hybridized carbons (Fsp3) is 0.556. The number of unbranched alkanes of at least 4 members (excludes halogenated alkanes) is 2. The van der Waals surface area contributed by atoms with Crippen LogP contribution < -0.4 is 5.73 Å². The van der Waals surface area contributed by atoms with Crippen LogP contribution in [0.4, 0.5) is 0 Å². The van der Waals surface area contributed by atoms with Crippen molar-refractivity contribution in [2.45, 2.75) is 25.7 Å². The topological polar surface area (TPSA) is 69.4 Å². The summed E-state index contributed by atoms with van der Waals surface area (Å²) in [6.07, 6.45) is 3.88. The van der Waals surface area contributed by atoms with Crippen LogP contribution >= 0.6 is 0 Å². The van der Waals surface area contributed by atoms with Gasteiger partial charge in [0.05, 0.1) is 6.61 Å². The van der Waals surface area contributed by atoms with Gasteiger partial charge < -0.3 is 10.5 Å². The van der Waals surface area contributed by atoms with Crippen LogP contribution in [0.25, 0.3) is 0 Å². The molecule has 0 fully saturated rings. The standard InChI is InChI=1S/C9H15NO3/c1-2-9(12)13-7-5-3-4-6-8(10)11/h2H,1,3-7H2,(H2,10,11). The average molecular weight is 185 g/mol. The highest BCUT2D eigenvalue weighted by Crippen LogP contribution is 1.99. The zero-order chi connectivity index (χ0) is 10.1. The van der Waals surface area contributed by atoms with Crippen LogP contribution in [-0.4, -0.2) is 18.5 Å². The molecule has 0 bridgehead atoms. The lowest BCUT2D eigenvalue weighted by Crippen LogP contribution is -2.09. The van der Waals surface area contributed by atoms with Gasteiger partial charge in [-0.05, 0) is 19.3 Å². The summed E-state index contributed by atoms with van der Waals surface area (Å²) in [5, 5.41) is 0. The van der Waals surface area contributed by atoms with E-state index in [9.17, 15) is 9.59 Å². The molecule has 0 aliphatic rings. The first-order valence-corrected chi connectivity index (χ1v) is 4.24. The van der Waals surface area contributed by atoms with Crippen LogP contribution in [0.5, 0.6) is 0 Å². The number of nitrogens with two attached hydrogens (primary N) is 1. The molecule has 0 atom stereocenters. The van der Waals surface area contributed by atoms with Crippen molar-refractivity contribution in [2.24, 2.45) is 5.73 Å². The molecule has 0 aromatic heterocycles. The Balaban J connectivity index is 3.12. The minimum Gasteiger partial charge on any atom is -0.463 e. The highest BCUT2D eigenvalue weighted by atomic mass is 16.5. The van der Waals surface area contributed by atoms with Crippen molar-refractivity contribution in [2.75, 3.05) is 6.61 Å². The van der Waals surface area contributed by atoms with Crippen LogP contribution in [0.15, 0.2) is 12.7 Å². The molecular formula is C9H15NO3. The van der Waals surface area contributed by atoms with Crippen LogP contribution in [0.2, 0.25) is 0 Å². The molecule has 0 radical (unpaired) electrons. The fourth-order valence-corrected chi connectivity index (χ4v) is 0.810. The lowest BCUT2D eigenvalue weighted by molar-refractivity contribution is -0.137. The second kappa shape index (κ2) is 7.34. The van der Waals surface area contributed by atoms with Gasteiger partial charge in [0.1, 0.15) is 0 Å². The van der Waals surface area contributed by atoms with Crippen LogP contribution in [0.3, 0.4) is 0 Å². The predicted octanol–water partition coefficient (Wildman–Crippen LogP) is 0.761. The van der Waals surface area contributed by atoms with Gasteiger partial charge in [0.25, 0.3) is 0 Å². The first-order chi connectivity index (χ1) is 6.16. The number of hydrogen-bond donors (Lipinski definition) is 1. The number of carbonyl (C=O) groups excluding carboxylic acids is 2. The van der Waals surface area contributed by atoms with E-state index in [1.165, 1.54) is 0 Å². The number of carbonyl (C=O) groups is 2. The Morgan fingerprint density at radius 3 is 2.54 bits per heavy atom. The summed E-state index contributed by atoms with van der Waals surface area (Å²) >= 11 is 0. The first-order valence-electron chi connectivity index (χ1n) is 4.24. The van der Waals surface area contributed by atoms with E-state index in [0.717, 1.165) is 25.3 Å². The van der Waals surface area contributed by atoms with Crippen molar-refractivity contribution in [3.8, 4) is 0 Å². The zero-order valence-corrected chi connectivity index (χ0v) is 7.62. The summed E-state index contributed by atoms with van der Waals surface area (Å²) in [7, 11) is 0. The maximum Gasteiger partial charge on any atom is 0.330 e. The van der Waals surface area contributed by atoms with Gasteiger partial charge in [0.15, 0.2) is 0 Å². The van der Waals surface area contributed by atoms with Gasteiger partial charge in [0, 0.05) is 12.5 Å². The summed E-state index contributed by atoms with van der Waals surface area (Å²) in [6.45, 7) is 3.64. The molecule has 0 saturated heterocycles. The quantitative estimate of drug-likeness (QED) is 0.361. The van der Waals surface area contributed by atoms with Gasteiger partial charge in [-0.15, -0.1) is 0 Å². The molecule has 0 aliphatic heterocycles. The maximum absolute atomic E-state index is 10.5. The third-order valence-corrected chi connectivity index (χ3v) is 1.48. The van der Waals surface area contributed by atoms with E-state index in [2.05, 4.69) is 6.58 Å². The van der Waals surface area contributed by atoms with Crippen molar-refractivity contribution < 1.29 is 14.3 Å². The molecule has 0 aliphatic carbocycles. The molecule has 0 aromatic rings. The predicted molar refractivity (Wildman–Crippen MR) is 48.8 cm³/mol. The number of amides is 1. The molecule has 0 rings (SSSR count). The lowest BCUT2D eigenvalue weighted by Gasteiger charge is -2.00. The average Bonchev–Trinajstić information content (AvgIpc) is 2.10. The Morgan fingerprint density at radius 2 is 2.00 bits per heavy atom. The molecule has 74 valence electrons. The third-order valence-electron chi connectivity index (χ3n) is 1.48. The van der Waals surface area contributed by atoms with E-state index < -0.39 is 5.97 Å². The van der Waals surface area contributed by atoms with E-state index in [4.69, 9.17) is 10.5 Å². The Morgan fingerprint density at radius 1 is 1.31 bits per heavy atom. The van der Waals surface area contributed by atoms with Crippen molar-refractivity contribution in [1.29, 1.82) is 0 Å². The highest BCUT2D eigenvalue weighted by Gasteiger charge is 1.96. The molecule has 2 N–H and O–H groups in total. The molecule has 4 nitrogen and oxygen atoms in total. The molecular weight excluding hydrogens is 170 g/mol. The number of rotatable bonds is 7. The molecule has 13 heavy (non-hydrogen) atoms. The van der Waals surface area contributed by atoms with Crippen LogP contribution in [0.1, 0.15) is 25.7 Å². The Hall–Kier alpha value is -1.32. The van der Waals surface area contributed by atoms with E-state index in [1.54, 1.807) is 0 Å². The maximum atomic E-state index is 10.5. The molecule has 0 saturated carbocycles. The van der Waals surface area contributed by atoms with Gasteiger partial charge in [-0.25, -0.2) is 4.79 Å². The van der Waals surface area contributed by atoms with Crippen molar-refractivity contribution in [3.05, 3.63) is 12.7 Å². The second-order valence-corrected chi connectivity index (χ2v) is 2.65. The van der Waals surface area contributed by atoms with Crippen LogP contribution in [0, 0.1) is 0 Å². The number of esters is 1. The fourth-order valence-electron chi connectivity index (χ4n) is 0.810. The van der Waals surface area contributed by atoms with Crippen molar-refractivity contribution >= 4 is 11.9 Å². The normalized spacial score (nSPS) is 9.23. The Bertz CT molecular complexity index is 189. The van der Waals surface area contributed by atoms with Crippen molar-refractivity contribution in [3.63, 3.8) is 0 Å². The molecule has 0 spiro atoms. The second-order valence-electron chi connectivity index (χ2n) is 2.65. The first kappa shape index (κ1) is 11.7. The summed E-state index contributed by atoms with van der Waals surface area (Å²) in [6, 6.07) is 0. The molecule has 0 aromatic carbocycles. The SMILES string of the molecule is C=CC(=O)OCCCCCC(N)=O. The summed E-state index contributed by atoms with van der Waals surface area (Å²) in [4.78, 5) is 20.8. The Labute approximate surface area is 77.7 Å². The summed E-state index contributed by atoms with van der Waals surface area (Å²) < 4.78 is 4.73. The summed E-state index contributed by atoms with van der Waals surface area (Å²) in [5.41, 5.74) is 4.94. The van der Waals surface area contributed by atoms with E-state index in [1.807, 2.05) is 0 Å². The van der Waals surface area contributed by atoms with Crippen molar-refractivity contribution in [1.82, 2.24) is 0 Å². The molecule has 1 amide bonds. The highest BCUT2D eigenvalue weighted by molar-refractivity contribution is 5.81. The van der Waals surface area contributed by atoms with E-state index >= 15 is 0 Å². The molecule has 4 heteroatoms. The van der Waals surface area contributed by atoms with Gasteiger partial charge >= 0.3 is 5.97 Å².